The average Bonchev–Trinajstić information content (AvgIpc) is 3.35. The van der Waals surface area contributed by atoms with E-state index in [1.165, 1.54) is 128 Å². The molecule has 1 aliphatic rings. The van der Waals surface area contributed by atoms with Crippen LogP contribution >= 0.6 is 0 Å². The predicted octanol–water partition coefficient (Wildman–Crippen LogP) is 15.4. The summed E-state index contributed by atoms with van der Waals surface area (Å²) in [7, 11) is 0. The highest BCUT2D eigenvalue weighted by molar-refractivity contribution is 5.69. The lowest BCUT2D eigenvalue weighted by molar-refractivity contribution is -0.270. The number of carbonyl (C=O) groups is 2. The maximum atomic E-state index is 13.0. The van der Waals surface area contributed by atoms with Gasteiger partial charge in [0.1, 0.15) is 24.4 Å². The number of aliphatic hydroxyl groups is 3. The summed E-state index contributed by atoms with van der Waals surface area (Å²) in [4.78, 5) is 28.5. The Balaban J connectivity index is 2.52. The summed E-state index contributed by atoms with van der Waals surface area (Å²) in [6.45, 7) is 12.3. The molecule has 10 heteroatoms. The van der Waals surface area contributed by atoms with Crippen LogP contribution in [0.1, 0.15) is 304 Å². The Morgan fingerprint density at radius 3 is 1.16 bits per heavy atom. The third-order valence-electron chi connectivity index (χ3n) is 14.7. The standard InChI is InChI=1S/C60H117NO9/c1-5-9-13-17-23-31-41-53(42-32-24-18-14-10-6-2)68-58(65)45-35-27-21-29-37-47-61(49-39-40-50-67-60-56(64)51-55(63)57(52-62)70-60)48-38-30-22-28-36-46-59(66)69-54(43-33-25-19-15-11-7-3)44-34-26-20-16-12-8-4/h53-57,60,62-64H,5-52H2,1-4H3/t55?,56-,57+,60?/m0/s1. The van der Waals surface area contributed by atoms with Gasteiger partial charge in [-0.2, -0.15) is 0 Å². The summed E-state index contributed by atoms with van der Waals surface area (Å²) >= 11 is 0. The Kier molecular flexibility index (Phi) is 47.5. The van der Waals surface area contributed by atoms with Crippen molar-refractivity contribution >= 4 is 11.9 Å². The number of aliphatic hydroxyl groups excluding tert-OH is 3. The fraction of sp³-hybridized carbons (Fsp3) is 0.967. The normalized spacial score (nSPS) is 17.3. The SMILES string of the molecule is CCCCCCCCC(CCCCCCCC)OC(=O)CCCCCCCN(CCCCCCCC(=O)OC(CCCCCCCC)CCCCCCCC)CCCCOC1O[C@H](CO)C(O)C[C@@H]1O. The second-order valence-corrected chi connectivity index (χ2v) is 21.5. The Labute approximate surface area is 432 Å². The Morgan fingerprint density at radius 2 is 0.786 bits per heavy atom. The van der Waals surface area contributed by atoms with E-state index in [-0.39, 0.29) is 37.2 Å². The van der Waals surface area contributed by atoms with Crippen LogP contribution in [0, 0.1) is 0 Å². The molecular formula is C60H117NO9. The molecule has 1 rings (SSSR count). The highest BCUT2D eigenvalue weighted by Gasteiger charge is 2.36. The van der Waals surface area contributed by atoms with Crippen LogP contribution in [-0.4, -0.2) is 102 Å². The van der Waals surface area contributed by atoms with Crippen molar-refractivity contribution in [1.82, 2.24) is 4.90 Å². The van der Waals surface area contributed by atoms with Crippen LogP contribution in [-0.2, 0) is 28.5 Å². The van der Waals surface area contributed by atoms with Crippen LogP contribution in [0.5, 0.6) is 0 Å². The molecule has 70 heavy (non-hydrogen) atoms. The molecule has 1 fully saturated rings. The number of esters is 2. The topological polar surface area (TPSA) is 135 Å². The Morgan fingerprint density at radius 1 is 0.457 bits per heavy atom. The Hall–Kier alpha value is -1.30. The first kappa shape index (κ1) is 66.7. The maximum absolute atomic E-state index is 13.0. The van der Waals surface area contributed by atoms with Crippen molar-refractivity contribution in [2.24, 2.45) is 0 Å². The molecule has 0 amide bonds. The highest BCUT2D eigenvalue weighted by atomic mass is 16.7. The van der Waals surface area contributed by atoms with E-state index >= 15 is 0 Å². The maximum Gasteiger partial charge on any atom is 0.306 e. The second-order valence-electron chi connectivity index (χ2n) is 21.5. The number of unbranched alkanes of at least 4 members (excludes halogenated alkanes) is 29. The van der Waals surface area contributed by atoms with Gasteiger partial charge >= 0.3 is 11.9 Å². The van der Waals surface area contributed by atoms with Gasteiger partial charge in [0.25, 0.3) is 0 Å². The largest absolute Gasteiger partial charge is 0.462 e. The van der Waals surface area contributed by atoms with Crippen molar-refractivity contribution in [1.29, 1.82) is 0 Å². The number of rotatable bonds is 53. The van der Waals surface area contributed by atoms with E-state index in [1.54, 1.807) is 0 Å². The number of hydrogen-bond acceptors (Lipinski definition) is 10. The summed E-state index contributed by atoms with van der Waals surface area (Å²) in [6.07, 6.45) is 45.0. The molecule has 0 aliphatic carbocycles. The third-order valence-corrected chi connectivity index (χ3v) is 14.7. The molecule has 1 heterocycles. The number of ether oxygens (including phenoxy) is 4. The summed E-state index contributed by atoms with van der Waals surface area (Å²) in [6, 6.07) is 0. The molecule has 0 saturated carbocycles. The molecule has 2 unspecified atom stereocenters. The minimum atomic E-state index is -0.908. The van der Waals surface area contributed by atoms with E-state index in [4.69, 9.17) is 18.9 Å². The number of nitrogens with zero attached hydrogens (tertiary/aromatic N) is 1. The van der Waals surface area contributed by atoms with Crippen molar-refractivity contribution in [3.63, 3.8) is 0 Å². The lowest BCUT2D eigenvalue weighted by Crippen LogP contribution is -2.49. The number of carbonyl (C=O) groups excluding carboxylic acids is 2. The molecule has 3 N–H and O–H groups in total. The van der Waals surface area contributed by atoms with Crippen LogP contribution in [0.4, 0.5) is 0 Å². The van der Waals surface area contributed by atoms with Gasteiger partial charge in [-0.15, -0.1) is 0 Å². The quantitative estimate of drug-likeness (QED) is 0.0399. The van der Waals surface area contributed by atoms with E-state index in [9.17, 15) is 24.9 Å². The van der Waals surface area contributed by atoms with Crippen molar-refractivity contribution in [3.8, 4) is 0 Å². The summed E-state index contributed by atoms with van der Waals surface area (Å²) < 4.78 is 23.7. The van der Waals surface area contributed by atoms with Crippen LogP contribution in [0.2, 0.25) is 0 Å². The van der Waals surface area contributed by atoms with E-state index in [0.717, 1.165) is 148 Å². The van der Waals surface area contributed by atoms with Crippen LogP contribution in [0.25, 0.3) is 0 Å². The highest BCUT2D eigenvalue weighted by Crippen LogP contribution is 2.23. The van der Waals surface area contributed by atoms with Crippen LogP contribution in [0.15, 0.2) is 0 Å². The van der Waals surface area contributed by atoms with Crippen molar-refractivity contribution in [2.45, 2.75) is 341 Å². The molecule has 10 nitrogen and oxygen atoms in total. The molecule has 0 bridgehead atoms. The zero-order valence-electron chi connectivity index (χ0n) is 46.6. The fourth-order valence-electron chi connectivity index (χ4n) is 10.0. The van der Waals surface area contributed by atoms with Crippen molar-refractivity contribution < 1.29 is 43.9 Å². The van der Waals surface area contributed by atoms with Gasteiger partial charge in [-0.05, 0) is 110 Å². The molecule has 0 aromatic rings. The van der Waals surface area contributed by atoms with Crippen molar-refractivity contribution in [2.75, 3.05) is 32.8 Å². The smallest absolute Gasteiger partial charge is 0.306 e. The van der Waals surface area contributed by atoms with Gasteiger partial charge in [0.2, 0.25) is 0 Å². The van der Waals surface area contributed by atoms with Crippen LogP contribution in [0.3, 0.4) is 0 Å². The molecule has 0 spiro atoms. The minimum Gasteiger partial charge on any atom is -0.462 e. The van der Waals surface area contributed by atoms with Gasteiger partial charge in [0, 0.05) is 25.9 Å². The predicted molar refractivity (Wildman–Crippen MR) is 291 cm³/mol. The molecule has 1 saturated heterocycles. The third kappa shape index (κ3) is 40.1. The molecule has 4 atom stereocenters. The fourth-order valence-corrected chi connectivity index (χ4v) is 10.0. The molecule has 416 valence electrons. The zero-order chi connectivity index (χ0) is 51.0. The van der Waals surface area contributed by atoms with Gasteiger partial charge in [0.05, 0.1) is 12.7 Å². The van der Waals surface area contributed by atoms with Gasteiger partial charge in [-0.1, -0.05) is 195 Å². The summed E-state index contributed by atoms with van der Waals surface area (Å²) in [5.41, 5.74) is 0. The first-order chi connectivity index (χ1) is 34.3. The molecule has 0 aromatic heterocycles. The summed E-state index contributed by atoms with van der Waals surface area (Å²) in [5, 5.41) is 29.9. The molecular weight excluding hydrogens is 879 g/mol. The second kappa shape index (κ2) is 49.9. The Bertz CT molecular complexity index is 1030. The first-order valence-corrected chi connectivity index (χ1v) is 30.6. The summed E-state index contributed by atoms with van der Waals surface area (Å²) in [5.74, 6) is -0.00248. The van der Waals surface area contributed by atoms with Crippen LogP contribution < -0.4 is 0 Å². The zero-order valence-corrected chi connectivity index (χ0v) is 46.6. The van der Waals surface area contributed by atoms with E-state index < -0.39 is 24.6 Å². The van der Waals surface area contributed by atoms with E-state index in [1.807, 2.05) is 0 Å². The first-order valence-electron chi connectivity index (χ1n) is 30.6. The molecule has 0 aromatic carbocycles. The minimum absolute atomic E-state index is 0.00124. The lowest BCUT2D eigenvalue weighted by Gasteiger charge is -2.36. The van der Waals surface area contributed by atoms with Gasteiger partial charge < -0.3 is 39.2 Å². The lowest BCUT2D eigenvalue weighted by atomic mass is 10.0. The van der Waals surface area contributed by atoms with Gasteiger partial charge in [-0.25, -0.2) is 0 Å². The average molecular weight is 997 g/mol. The van der Waals surface area contributed by atoms with E-state index in [0.29, 0.717) is 19.4 Å². The van der Waals surface area contributed by atoms with E-state index in [2.05, 4.69) is 32.6 Å². The number of hydrogen-bond donors (Lipinski definition) is 3. The molecule has 1 aliphatic heterocycles. The van der Waals surface area contributed by atoms with Gasteiger partial charge in [-0.3, -0.25) is 9.59 Å². The van der Waals surface area contributed by atoms with Gasteiger partial charge in [0.15, 0.2) is 6.29 Å². The molecule has 0 radical (unpaired) electrons. The monoisotopic (exact) mass is 996 g/mol. The van der Waals surface area contributed by atoms with Crippen molar-refractivity contribution in [3.05, 3.63) is 0 Å².